The maximum absolute atomic E-state index is 15.1. The van der Waals surface area contributed by atoms with Gasteiger partial charge in [0.1, 0.15) is 5.60 Å². The summed E-state index contributed by atoms with van der Waals surface area (Å²) in [5, 5.41) is 0. The van der Waals surface area contributed by atoms with Crippen LogP contribution in [0.5, 0.6) is 11.5 Å². The average Bonchev–Trinajstić information content (AvgIpc) is 3.30. The Morgan fingerprint density at radius 3 is 1.96 bits per heavy atom. The minimum absolute atomic E-state index is 0.0200. The molecule has 4 aromatic carbocycles. The van der Waals surface area contributed by atoms with Crippen LogP contribution < -0.4 is 14.4 Å². The van der Waals surface area contributed by atoms with Gasteiger partial charge in [-0.25, -0.2) is 9.69 Å². The summed E-state index contributed by atoms with van der Waals surface area (Å²) >= 11 is 0. The SMILES string of the molecule is COc1ccc(C[C@]2([C@H](CC(=O)c3ccccc3)C(=O)c3ccccc3)C(=O)N(C(=O)OC(C)(C)C)c3ccccc32)cc1OC. The van der Waals surface area contributed by atoms with E-state index in [0.29, 0.717) is 39.4 Å². The number of carbonyl (C=O) groups is 4. The minimum Gasteiger partial charge on any atom is -0.493 e. The molecule has 0 radical (unpaired) electrons. The van der Waals surface area contributed by atoms with Gasteiger partial charge in [0.25, 0.3) is 0 Å². The summed E-state index contributed by atoms with van der Waals surface area (Å²) in [7, 11) is 3.04. The van der Waals surface area contributed by atoms with Crippen LogP contribution >= 0.6 is 0 Å². The van der Waals surface area contributed by atoms with E-state index in [1.54, 1.807) is 124 Å². The number of benzene rings is 4. The second-order valence-electron chi connectivity index (χ2n) is 12.3. The molecule has 4 aromatic rings. The Labute approximate surface area is 268 Å². The molecule has 2 atom stereocenters. The molecule has 0 fully saturated rings. The van der Waals surface area contributed by atoms with E-state index in [0.717, 1.165) is 4.90 Å². The van der Waals surface area contributed by atoms with Gasteiger partial charge in [0.05, 0.1) is 25.3 Å². The summed E-state index contributed by atoms with van der Waals surface area (Å²) in [5.41, 5.74) is -0.409. The summed E-state index contributed by atoms with van der Waals surface area (Å²) < 4.78 is 16.7. The Hall–Kier alpha value is -5.24. The Morgan fingerprint density at radius 2 is 1.35 bits per heavy atom. The van der Waals surface area contributed by atoms with Gasteiger partial charge in [-0.3, -0.25) is 14.4 Å². The number of amides is 2. The van der Waals surface area contributed by atoms with Gasteiger partial charge in [-0.15, -0.1) is 0 Å². The number of nitrogens with zero attached hydrogens (tertiary/aromatic N) is 1. The zero-order chi connectivity index (χ0) is 33.1. The van der Waals surface area contributed by atoms with Crippen LogP contribution in [0.15, 0.2) is 103 Å². The van der Waals surface area contributed by atoms with Crippen LogP contribution in [0.4, 0.5) is 10.5 Å². The predicted molar refractivity (Wildman–Crippen MR) is 175 cm³/mol. The van der Waals surface area contributed by atoms with E-state index in [1.165, 1.54) is 14.2 Å². The lowest BCUT2D eigenvalue weighted by Crippen LogP contribution is -2.52. The summed E-state index contributed by atoms with van der Waals surface area (Å²) in [4.78, 5) is 58.5. The first kappa shape index (κ1) is 32.2. The molecule has 8 nitrogen and oxygen atoms in total. The first-order chi connectivity index (χ1) is 22.0. The fraction of sp³-hybridized carbons (Fsp3) is 0.263. The maximum Gasteiger partial charge on any atom is 0.421 e. The molecule has 1 aliphatic rings. The highest BCUT2D eigenvalue weighted by molar-refractivity contribution is 6.23. The van der Waals surface area contributed by atoms with Crippen LogP contribution in [-0.2, 0) is 21.4 Å². The molecule has 0 saturated carbocycles. The van der Waals surface area contributed by atoms with Gasteiger partial charge in [0.15, 0.2) is 23.1 Å². The highest BCUT2D eigenvalue weighted by Gasteiger charge is 2.60. The van der Waals surface area contributed by atoms with Crippen molar-refractivity contribution in [2.45, 2.75) is 44.6 Å². The fourth-order valence-corrected chi connectivity index (χ4v) is 6.12. The Bertz CT molecular complexity index is 1760. The third-order valence-electron chi connectivity index (χ3n) is 8.17. The third-order valence-corrected chi connectivity index (χ3v) is 8.17. The van der Waals surface area contributed by atoms with Crippen molar-refractivity contribution in [3.05, 3.63) is 125 Å². The lowest BCUT2D eigenvalue weighted by atomic mass is 9.63. The van der Waals surface area contributed by atoms with E-state index in [4.69, 9.17) is 14.2 Å². The summed E-state index contributed by atoms with van der Waals surface area (Å²) in [5.74, 6) is -1.61. The predicted octanol–water partition coefficient (Wildman–Crippen LogP) is 7.24. The number of fused-ring (bicyclic) bond motifs is 1. The molecule has 0 unspecified atom stereocenters. The monoisotopic (exact) mass is 619 g/mol. The van der Waals surface area contributed by atoms with Gasteiger partial charge < -0.3 is 14.2 Å². The van der Waals surface area contributed by atoms with Crippen molar-refractivity contribution in [3.8, 4) is 11.5 Å². The standard InChI is InChI=1S/C38H37NO7/c1-37(2,3)46-36(43)39-30-19-13-12-18-28(30)38(35(39)42,24-25-20-21-32(44-4)33(22-25)45-5)29(34(41)27-16-10-7-11-17-27)23-31(40)26-14-8-6-9-15-26/h6-22,29H,23-24H2,1-5H3/t29-,38+/m1/s1. The number of ketones is 2. The van der Waals surface area contributed by atoms with Crippen molar-refractivity contribution in [2.24, 2.45) is 5.92 Å². The van der Waals surface area contributed by atoms with Crippen LogP contribution in [0.1, 0.15) is 59.0 Å². The van der Waals surface area contributed by atoms with Gasteiger partial charge in [0.2, 0.25) is 5.91 Å². The highest BCUT2D eigenvalue weighted by Crippen LogP contribution is 2.51. The van der Waals surface area contributed by atoms with Gasteiger partial charge in [0, 0.05) is 23.5 Å². The van der Waals surface area contributed by atoms with Crippen molar-refractivity contribution in [3.63, 3.8) is 0 Å². The van der Waals surface area contributed by atoms with Gasteiger partial charge in [-0.1, -0.05) is 84.9 Å². The van der Waals surface area contributed by atoms with Crippen molar-refractivity contribution in [2.75, 3.05) is 19.1 Å². The summed E-state index contributed by atoms with van der Waals surface area (Å²) in [6, 6.07) is 29.4. The molecule has 1 heterocycles. The van der Waals surface area contributed by atoms with Crippen LogP contribution in [0.25, 0.3) is 0 Å². The molecule has 236 valence electrons. The topological polar surface area (TPSA) is 99.2 Å². The van der Waals surface area contributed by atoms with E-state index >= 15 is 4.79 Å². The molecular weight excluding hydrogens is 582 g/mol. The summed E-state index contributed by atoms with van der Waals surface area (Å²) in [6.45, 7) is 5.15. The molecule has 0 aromatic heterocycles. The quantitative estimate of drug-likeness (QED) is 0.173. The minimum atomic E-state index is -1.68. The van der Waals surface area contributed by atoms with E-state index in [-0.39, 0.29) is 24.4 Å². The molecule has 8 heteroatoms. The number of hydrogen-bond donors (Lipinski definition) is 0. The van der Waals surface area contributed by atoms with Crippen molar-refractivity contribution in [1.82, 2.24) is 0 Å². The number of methoxy groups -OCH3 is 2. The van der Waals surface area contributed by atoms with Crippen LogP contribution in [-0.4, -0.2) is 43.4 Å². The number of rotatable bonds is 10. The van der Waals surface area contributed by atoms with Crippen LogP contribution in [0.3, 0.4) is 0 Å². The van der Waals surface area contributed by atoms with Crippen LogP contribution in [0, 0.1) is 5.92 Å². The number of para-hydroxylation sites is 1. The Kier molecular flexibility index (Phi) is 9.10. The fourth-order valence-electron chi connectivity index (χ4n) is 6.12. The van der Waals surface area contributed by atoms with Crippen molar-refractivity contribution in [1.29, 1.82) is 0 Å². The van der Waals surface area contributed by atoms with Crippen LogP contribution in [0.2, 0.25) is 0 Å². The molecule has 5 rings (SSSR count). The van der Waals surface area contributed by atoms with E-state index in [2.05, 4.69) is 0 Å². The molecule has 46 heavy (non-hydrogen) atoms. The molecule has 1 aliphatic heterocycles. The summed E-state index contributed by atoms with van der Waals surface area (Å²) in [6.07, 6.45) is -1.17. The number of carbonyl (C=O) groups excluding carboxylic acids is 4. The van der Waals surface area contributed by atoms with E-state index < -0.39 is 28.9 Å². The number of Topliss-reactive ketones (excluding diaryl/α,β-unsaturated/α-hetero) is 2. The smallest absolute Gasteiger partial charge is 0.421 e. The molecule has 0 bridgehead atoms. The Balaban J connectivity index is 1.77. The zero-order valence-electron chi connectivity index (χ0n) is 26.6. The largest absolute Gasteiger partial charge is 0.493 e. The highest BCUT2D eigenvalue weighted by atomic mass is 16.6. The van der Waals surface area contributed by atoms with Crippen molar-refractivity contribution >= 4 is 29.3 Å². The number of hydrogen-bond acceptors (Lipinski definition) is 7. The second kappa shape index (κ2) is 13.0. The van der Waals surface area contributed by atoms with Gasteiger partial charge in [-0.2, -0.15) is 0 Å². The first-order valence-corrected chi connectivity index (χ1v) is 15.1. The van der Waals surface area contributed by atoms with E-state index in [9.17, 15) is 14.4 Å². The lowest BCUT2D eigenvalue weighted by molar-refractivity contribution is -0.124. The van der Waals surface area contributed by atoms with Gasteiger partial charge in [-0.05, 0) is 56.5 Å². The maximum atomic E-state index is 15.1. The van der Waals surface area contributed by atoms with Crippen molar-refractivity contribution < 1.29 is 33.4 Å². The average molecular weight is 620 g/mol. The molecule has 0 saturated heterocycles. The lowest BCUT2D eigenvalue weighted by Gasteiger charge is -2.36. The van der Waals surface area contributed by atoms with Gasteiger partial charge >= 0.3 is 6.09 Å². The normalized spacial score (nSPS) is 16.4. The molecule has 0 aliphatic carbocycles. The number of ether oxygens (including phenoxy) is 3. The third kappa shape index (κ3) is 6.15. The molecular formula is C38H37NO7. The first-order valence-electron chi connectivity index (χ1n) is 15.1. The number of anilines is 1. The second-order valence-corrected chi connectivity index (χ2v) is 12.3. The van der Waals surface area contributed by atoms with E-state index in [1.807, 2.05) is 0 Å². The molecule has 0 N–H and O–H groups in total. The zero-order valence-corrected chi connectivity index (χ0v) is 26.6. The number of imide groups is 1. The molecule has 2 amide bonds. The Morgan fingerprint density at radius 1 is 0.761 bits per heavy atom. The molecule has 0 spiro atoms.